The normalized spacial score (nSPS) is 25.2. The van der Waals surface area contributed by atoms with Gasteiger partial charge in [-0.2, -0.15) is 0 Å². The van der Waals surface area contributed by atoms with E-state index >= 15 is 0 Å². The second-order valence-corrected chi connectivity index (χ2v) is 5.15. The molecule has 0 aromatic rings. The molecule has 0 aliphatic carbocycles. The highest BCUT2D eigenvalue weighted by molar-refractivity contribution is 5.76. The maximum absolute atomic E-state index is 11.5. The van der Waals surface area contributed by atoms with Gasteiger partial charge >= 0.3 is 5.97 Å². The van der Waals surface area contributed by atoms with Gasteiger partial charge in [-0.3, -0.25) is 9.59 Å². The summed E-state index contributed by atoms with van der Waals surface area (Å²) in [5, 5.41) is 11.8. The Bertz CT molecular complexity index is 291. The molecule has 2 unspecified atom stereocenters. The van der Waals surface area contributed by atoms with Gasteiger partial charge in [-0.25, -0.2) is 0 Å². The number of carboxylic acid groups (broad SMARTS) is 1. The fourth-order valence-corrected chi connectivity index (χ4v) is 2.23. The van der Waals surface area contributed by atoms with E-state index in [-0.39, 0.29) is 23.8 Å². The predicted octanol–water partition coefficient (Wildman–Crippen LogP) is 0.554. The number of carbonyl (C=O) groups excluding carboxylic acids is 1. The largest absolute Gasteiger partial charge is 0.481 e. The third-order valence-corrected chi connectivity index (χ3v) is 3.11. The van der Waals surface area contributed by atoms with Crippen molar-refractivity contribution in [2.75, 3.05) is 19.6 Å². The van der Waals surface area contributed by atoms with E-state index in [9.17, 15) is 9.59 Å². The van der Waals surface area contributed by atoms with Gasteiger partial charge in [0.1, 0.15) is 0 Å². The van der Waals surface area contributed by atoms with Crippen LogP contribution >= 0.6 is 0 Å². The summed E-state index contributed by atoms with van der Waals surface area (Å²) in [5.74, 6) is -0.818. The van der Waals surface area contributed by atoms with Gasteiger partial charge < -0.3 is 15.3 Å². The number of carbonyl (C=O) groups is 2. The summed E-state index contributed by atoms with van der Waals surface area (Å²) in [6.07, 6.45) is 0.442. The van der Waals surface area contributed by atoms with Crippen molar-refractivity contribution in [1.82, 2.24) is 10.2 Å². The number of nitrogens with zero attached hydrogens (tertiary/aromatic N) is 1. The van der Waals surface area contributed by atoms with E-state index in [1.54, 1.807) is 0 Å². The summed E-state index contributed by atoms with van der Waals surface area (Å²) in [6, 6.07) is 0.159. The maximum Gasteiger partial charge on any atom is 0.308 e. The monoisotopic (exact) mass is 242 g/mol. The number of rotatable bonds is 5. The summed E-state index contributed by atoms with van der Waals surface area (Å²) in [7, 11) is 0. The molecule has 1 aliphatic heterocycles. The van der Waals surface area contributed by atoms with E-state index in [1.165, 1.54) is 0 Å². The Morgan fingerprint density at radius 1 is 1.41 bits per heavy atom. The summed E-state index contributed by atoms with van der Waals surface area (Å²) in [5.41, 5.74) is 0. The third-order valence-electron chi connectivity index (χ3n) is 3.11. The standard InChI is InChI=1S/C12H22N2O3/c1-8(2)13-11(15)4-5-14-6-9(3)10(7-14)12(16)17/h8-10H,4-7H2,1-3H3,(H,13,15)(H,16,17). The fraction of sp³-hybridized carbons (Fsp3) is 0.833. The van der Waals surface area contributed by atoms with Crippen LogP contribution in [0.25, 0.3) is 0 Å². The fourth-order valence-electron chi connectivity index (χ4n) is 2.23. The zero-order chi connectivity index (χ0) is 13.0. The van der Waals surface area contributed by atoms with E-state index in [1.807, 2.05) is 20.8 Å². The van der Waals surface area contributed by atoms with Crippen molar-refractivity contribution < 1.29 is 14.7 Å². The minimum Gasteiger partial charge on any atom is -0.481 e. The Morgan fingerprint density at radius 3 is 2.53 bits per heavy atom. The molecule has 5 heteroatoms. The molecule has 0 radical (unpaired) electrons. The minimum absolute atomic E-state index is 0.0337. The lowest BCUT2D eigenvalue weighted by Gasteiger charge is -2.15. The van der Waals surface area contributed by atoms with Crippen molar-refractivity contribution in [3.05, 3.63) is 0 Å². The highest BCUT2D eigenvalue weighted by Crippen LogP contribution is 2.22. The Labute approximate surface area is 102 Å². The van der Waals surface area contributed by atoms with Crippen LogP contribution in [-0.2, 0) is 9.59 Å². The Hall–Kier alpha value is -1.10. The van der Waals surface area contributed by atoms with Crippen LogP contribution in [0.3, 0.4) is 0 Å². The summed E-state index contributed by atoms with van der Waals surface area (Å²) < 4.78 is 0. The van der Waals surface area contributed by atoms with Crippen molar-refractivity contribution in [2.24, 2.45) is 11.8 Å². The number of carboxylic acids is 1. The number of hydrogen-bond acceptors (Lipinski definition) is 3. The first-order valence-electron chi connectivity index (χ1n) is 6.14. The van der Waals surface area contributed by atoms with E-state index in [0.29, 0.717) is 19.5 Å². The molecule has 2 atom stereocenters. The predicted molar refractivity (Wildman–Crippen MR) is 64.6 cm³/mol. The molecule has 0 aromatic carbocycles. The van der Waals surface area contributed by atoms with Gasteiger partial charge in [0.2, 0.25) is 5.91 Å². The van der Waals surface area contributed by atoms with Crippen LogP contribution in [0.2, 0.25) is 0 Å². The Morgan fingerprint density at radius 2 is 2.06 bits per heavy atom. The number of likely N-dealkylation sites (tertiary alicyclic amines) is 1. The lowest BCUT2D eigenvalue weighted by Crippen LogP contribution is -2.33. The molecule has 1 heterocycles. The number of nitrogens with one attached hydrogen (secondary N) is 1. The molecule has 2 N–H and O–H groups in total. The molecule has 0 saturated carbocycles. The molecule has 5 nitrogen and oxygen atoms in total. The van der Waals surface area contributed by atoms with E-state index in [0.717, 1.165) is 6.54 Å². The molecule has 98 valence electrons. The van der Waals surface area contributed by atoms with Gasteiger partial charge in [-0.15, -0.1) is 0 Å². The summed E-state index contributed by atoms with van der Waals surface area (Å²) in [4.78, 5) is 24.4. The van der Waals surface area contributed by atoms with Gasteiger partial charge in [0.05, 0.1) is 5.92 Å². The van der Waals surface area contributed by atoms with E-state index < -0.39 is 5.97 Å². The number of amides is 1. The van der Waals surface area contributed by atoms with Gasteiger partial charge in [0, 0.05) is 32.1 Å². The first kappa shape index (κ1) is 14.0. The van der Waals surface area contributed by atoms with Gasteiger partial charge in [0.25, 0.3) is 0 Å². The molecule has 0 aromatic heterocycles. The van der Waals surface area contributed by atoms with E-state index in [4.69, 9.17) is 5.11 Å². The van der Waals surface area contributed by atoms with Crippen LogP contribution in [0.15, 0.2) is 0 Å². The van der Waals surface area contributed by atoms with Crippen LogP contribution in [-0.4, -0.2) is 47.6 Å². The number of aliphatic carboxylic acids is 1. The molecule has 1 saturated heterocycles. The van der Waals surface area contributed by atoms with Crippen molar-refractivity contribution in [3.63, 3.8) is 0 Å². The van der Waals surface area contributed by atoms with Gasteiger partial charge in [-0.1, -0.05) is 6.92 Å². The summed E-state index contributed by atoms with van der Waals surface area (Å²) in [6.45, 7) is 7.78. The quantitative estimate of drug-likeness (QED) is 0.739. The molecular formula is C12H22N2O3. The second kappa shape index (κ2) is 6.00. The van der Waals surface area contributed by atoms with E-state index in [2.05, 4.69) is 10.2 Å². The molecule has 1 aliphatic rings. The topological polar surface area (TPSA) is 69.6 Å². The average Bonchev–Trinajstić information content (AvgIpc) is 2.56. The van der Waals surface area contributed by atoms with Crippen molar-refractivity contribution in [3.8, 4) is 0 Å². The second-order valence-electron chi connectivity index (χ2n) is 5.15. The minimum atomic E-state index is -0.730. The van der Waals surface area contributed by atoms with Crippen LogP contribution in [0.4, 0.5) is 0 Å². The van der Waals surface area contributed by atoms with Crippen LogP contribution in [0.1, 0.15) is 27.2 Å². The van der Waals surface area contributed by atoms with Crippen LogP contribution < -0.4 is 5.32 Å². The van der Waals surface area contributed by atoms with Crippen LogP contribution in [0, 0.1) is 11.8 Å². The lowest BCUT2D eigenvalue weighted by molar-refractivity contribution is -0.142. The lowest BCUT2D eigenvalue weighted by atomic mass is 9.99. The molecule has 1 rings (SSSR count). The highest BCUT2D eigenvalue weighted by atomic mass is 16.4. The molecule has 1 amide bonds. The zero-order valence-electron chi connectivity index (χ0n) is 10.8. The third kappa shape index (κ3) is 4.34. The van der Waals surface area contributed by atoms with Crippen molar-refractivity contribution in [1.29, 1.82) is 0 Å². The van der Waals surface area contributed by atoms with Gasteiger partial charge in [-0.05, 0) is 19.8 Å². The SMILES string of the molecule is CC(C)NC(=O)CCN1CC(C)C(C(=O)O)C1. The average molecular weight is 242 g/mol. The smallest absolute Gasteiger partial charge is 0.308 e. The first-order chi connectivity index (χ1) is 7.90. The first-order valence-corrected chi connectivity index (χ1v) is 6.14. The zero-order valence-corrected chi connectivity index (χ0v) is 10.8. The highest BCUT2D eigenvalue weighted by Gasteiger charge is 2.34. The molecule has 1 fully saturated rings. The molecular weight excluding hydrogens is 220 g/mol. The molecule has 17 heavy (non-hydrogen) atoms. The van der Waals surface area contributed by atoms with Crippen molar-refractivity contribution in [2.45, 2.75) is 33.2 Å². The number of hydrogen-bond donors (Lipinski definition) is 2. The summed E-state index contributed by atoms with van der Waals surface area (Å²) >= 11 is 0. The molecule has 0 bridgehead atoms. The molecule has 0 spiro atoms. The maximum atomic E-state index is 11.5. The Balaban J connectivity index is 2.30. The van der Waals surface area contributed by atoms with Gasteiger partial charge in [0.15, 0.2) is 0 Å². The Kier molecular flexibility index (Phi) is 4.93. The van der Waals surface area contributed by atoms with Crippen LogP contribution in [0.5, 0.6) is 0 Å². The van der Waals surface area contributed by atoms with Crippen molar-refractivity contribution >= 4 is 11.9 Å².